The summed E-state index contributed by atoms with van der Waals surface area (Å²) in [6.07, 6.45) is 0. The summed E-state index contributed by atoms with van der Waals surface area (Å²) in [4.78, 5) is 1.24. The molecule has 0 radical (unpaired) electrons. The van der Waals surface area contributed by atoms with E-state index in [2.05, 4.69) is 34.8 Å². The Labute approximate surface area is 87.8 Å². The van der Waals surface area contributed by atoms with Gasteiger partial charge in [-0.3, -0.25) is 0 Å². The lowest BCUT2D eigenvalue weighted by atomic mass is 10.2. The molecule has 0 fully saturated rings. The highest BCUT2D eigenvalue weighted by Crippen LogP contribution is 2.13. The van der Waals surface area contributed by atoms with E-state index in [1.165, 1.54) is 22.0 Å². The van der Waals surface area contributed by atoms with E-state index in [0.29, 0.717) is 0 Å². The lowest BCUT2D eigenvalue weighted by Crippen LogP contribution is -1.98. The van der Waals surface area contributed by atoms with E-state index in [9.17, 15) is 0 Å². The normalized spacial score (nSPS) is 10.1. The molecule has 1 N–H and O–H groups in total. The molecule has 2 rings (SSSR count). The number of aryl methyl sites for hydroxylation is 1. The third-order valence-corrected chi connectivity index (χ3v) is 2.64. The monoisotopic (exact) mass is 204 g/mol. The molecule has 0 aliphatic heterocycles. The Morgan fingerprint density at radius 1 is 1.29 bits per heavy atom. The lowest BCUT2D eigenvalue weighted by Gasteiger charge is -2.01. The molecule has 0 unspecified atom stereocenters. The number of aromatic nitrogens is 1. The van der Waals surface area contributed by atoms with E-state index in [-0.39, 0.29) is 0 Å². The van der Waals surface area contributed by atoms with E-state index in [0.717, 1.165) is 12.4 Å². The van der Waals surface area contributed by atoms with Crippen LogP contribution in [0.5, 0.6) is 0 Å². The summed E-state index contributed by atoms with van der Waals surface area (Å²) in [6.45, 7) is 2.90. The molecule has 72 valence electrons. The van der Waals surface area contributed by atoms with Gasteiger partial charge in [-0.05, 0) is 30.1 Å². The Kier molecular flexibility index (Phi) is 2.79. The van der Waals surface area contributed by atoms with Crippen molar-refractivity contribution in [3.8, 4) is 0 Å². The first kappa shape index (κ1) is 9.21. The number of nitrogens with zero attached hydrogens (tertiary/aromatic N) is 1. The van der Waals surface area contributed by atoms with Crippen LogP contribution in [-0.4, -0.2) is 4.37 Å². The Hall–Kier alpha value is -1.35. The molecule has 1 aromatic carbocycles. The van der Waals surface area contributed by atoms with Gasteiger partial charge in [0.15, 0.2) is 0 Å². The Balaban J connectivity index is 1.95. The molecule has 0 saturated heterocycles. The standard InChI is InChI=1S/C11H12N2S/c1-9-7-11(13-14-9)12-8-10-5-3-2-4-6-10/h2-7H,8H2,1H3,(H,12,13). The number of anilines is 1. The number of hydrogen-bond acceptors (Lipinski definition) is 3. The van der Waals surface area contributed by atoms with Crippen LogP contribution >= 0.6 is 11.5 Å². The molecule has 0 saturated carbocycles. The maximum atomic E-state index is 4.26. The molecule has 2 aromatic rings. The summed E-state index contributed by atoms with van der Waals surface area (Å²) < 4.78 is 4.26. The molecule has 0 spiro atoms. The van der Waals surface area contributed by atoms with Crippen LogP contribution in [0.2, 0.25) is 0 Å². The van der Waals surface area contributed by atoms with Gasteiger partial charge in [-0.25, -0.2) is 0 Å². The van der Waals surface area contributed by atoms with Crippen molar-refractivity contribution >= 4 is 17.4 Å². The van der Waals surface area contributed by atoms with Crippen molar-refractivity contribution in [2.75, 3.05) is 5.32 Å². The minimum Gasteiger partial charge on any atom is -0.365 e. The lowest BCUT2D eigenvalue weighted by molar-refractivity contribution is 1.13. The number of hydrogen-bond donors (Lipinski definition) is 1. The van der Waals surface area contributed by atoms with Crippen molar-refractivity contribution in [2.45, 2.75) is 13.5 Å². The van der Waals surface area contributed by atoms with Gasteiger partial charge in [0.1, 0.15) is 5.82 Å². The zero-order valence-corrected chi connectivity index (χ0v) is 8.84. The number of nitrogens with one attached hydrogen (secondary N) is 1. The summed E-state index contributed by atoms with van der Waals surface area (Å²) in [7, 11) is 0. The van der Waals surface area contributed by atoms with Gasteiger partial charge in [0.25, 0.3) is 0 Å². The second-order valence-electron chi connectivity index (χ2n) is 3.16. The molecule has 0 bridgehead atoms. The maximum absolute atomic E-state index is 4.26. The Morgan fingerprint density at radius 3 is 2.71 bits per heavy atom. The predicted molar refractivity (Wildman–Crippen MR) is 60.6 cm³/mol. The van der Waals surface area contributed by atoms with E-state index in [4.69, 9.17) is 0 Å². The van der Waals surface area contributed by atoms with Gasteiger partial charge >= 0.3 is 0 Å². The molecular formula is C11H12N2S. The molecule has 0 aliphatic rings. The highest BCUT2D eigenvalue weighted by molar-refractivity contribution is 7.05. The summed E-state index contributed by atoms with van der Waals surface area (Å²) >= 11 is 1.53. The van der Waals surface area contributed by atoms with Crippen LogP contribution in [0.25, 0.3) is 0 Å². The first-order chi connectivity index (χ1) is 6.84. The van der Waals surface area contributed by atoms with Crippen LogP contribution in [0.15, 0.2) is 36.4 Å². The summed E-state index contributed by atoms with van der Waals surface area (Å²) in [6, 6.07) is 12.4. The highest BCUT2D eigenvalue weighted by atomic mass is 32.1. The fraction of sp³-hybridized carbons (Fsp3) is 0.182. The summed E-state index contributed by atoms with van der Waals surface area (Å²) in [5.74, 6) is 0.969. The van der Waals surface area contributed by atoms with Gasteiger partial charge in [-0.15, -0.1) is 0 Å². The number of rotatable bonds is 3. The Morgan fingerprint density at radius 2 is 2.07 bits per heavy atom. The summed E-state index contributed by atoms with van der Waals surface area (Å²) in [5, 5.41) is 3.28. The van der Waals surface area contributed by atoms with Gasteiger partial charge in [-0.1, -0.05) is 30.3 Å². The molecule has 1 heterocycles. The third-order valence-electron chi connectivity index (χ3n) is 1.94. The second kappa shape index (κ2) is 4.24. The van der Waals surface area contributed by atoms with Crippen molar-refractivity contribution in [2.24, 2.45) is 0 Å². The molecular weight excluding hydrogens is 192 g/mol. The average Bonchev–Trinajstić information content (AvgIpc) is 2.63. The fourth-order valence-electron chi connectivity index (χ4n) is 1.24. The van der Waals surface area contributed by atoms with E-state index in [1.54, 1.807) is 0 Å². The third kappa shape index (κ3) is 2.33. The molecule has 3 heteroatoms. The minimum atomic E-state index is 0.837. The maximum Gasteiger partial charge on any atom is 0.140 e. The molecule has 2 nitrogen and oxygen atoms in total. The number of benzene rings is 1. The van der Waals surface area contributed by atoms with Gasteiger partial charge in [0, 0.05) is 11.4 Å². The van der Waals surface area contributed by atoms with Crippen LogP contribution in [0.4, 0.5) is 5.82 Å². The largest absolute Gasteiger partial charge is 0.365 e. The second-order valence-corrected chi connectivity index (χ2v) is 4.17. The predicted octanol–water partition coefficient (Wildman–Crippen LogP) is 3.06. The fourth-order valence-corrected chi connectivity index (χ4v) is 1.76. The van der Waals surface area contributed by atoms with Crippen molar-refractivity contribution in [3.63, 3.8) is 0 Å². The minimum absolute atomic E-state index is 0.837. The van der Waals surface area contributed by atoms with Gasteiger partial charge in [-0.2, -0.15) is 4.37 Å². The van der Waals surface area contributed by atoms with Crippen molar-refractivity contribution in [1.29, 1.82) is 0 Å². The molecule has 0 amide bonds. The van der Waals surface area contributed by atoms with Crippen LogP contribution in [0, 0.1) is 6.92 Å². The zero-order valence-electron chi connectivity index (χ0n) is 8.03. The van der Waals surface area contributed by atoms with E-state index in [1.807, 2.05) is 18.2 Å². The van der Waals surface area contributed by atoms with Crippen molar-refractivity contribution in [3.05, 3.63) is 46.8 Å². The van der Waals surface area contributed by atoms with Crippen LogP contribution in [-0.2, 0) is 6.54 Å². The van der Waals surface area contributed by atoms with Crippen molar-refractivity contribution < 1.29 is 0 Å². The van der Waals surface area contributed by atoms with E-state index >= 15 is 0 Å². The van der Waals surface area contributed by atoms with Gasteiger partial charge < -0.3 is 5.32 Å². The van der Waals surface area contributed by atoms with E-state index < -0.39 is 0 Å². The first-order valence-corrected chi connectivity index (χ1v) is 5.33. The molecule has 14 heavy (non-hydrogen) atoms. The molecule has 0 aliphatic carbocycles. The van der Waals surface area contributed by atoms with Gasteiger partial charge in [0.2, 0.25) is 0 Å². The molecule has 0 atom stereocenters. The topological polar surface area (TPSA) is 24.9 Å². The quantitative estimate of drug-likeness (QED) is 0.831. The van der Waals surface area contributed by atoms with Crippen LogP contribution in [0.3, 0.4) is 0 Å². The van der Waals surface area contributed by atoms with Crippen molar-refractivity contribution in [1.82, 2.24) is 4.37 Å². The van der Waals surface area contributed by atoms with Crippen LogP contribution in [0.1, 0.15) is 10.4 Å². The highest BCUT2D eigenvalue weighted by Gasteiger charge is 1.96. The van der Waals surface area contributed by atoms with Gasteiger partial charge in [0.05, 0.1) is 0 Å². The zero-order chi connectivity index (χ0) is 9.80. The first-order valence-electron chi connectivity index (χ1n) is 4.56. The average molecular weight is 204 g/mol. The smallest absolute Gasteiger partial charge is 0.140 e. The summed E-state index contributed by atoms with van der Waals surface area (Å²) in [5.41, 5.74) is 1.28. The molecule has 1 aromatic heterocycles. The SMILES string of the molecule is Cc1cc(NCc2ccccc2)ns1. The Bertz CT molecular complexity index is 395. The van der Waals surface area contributed by atoms with Crippen LogP contribution < -0.4 is 5.32 Å².